The van der Waals surface area contributed by atoms with Crippen molar-refractivity contribution >= 4 is 5.97 Å². The van der Waals surface area contributed by atoms with Gasteiger partial charge in [-0.2, -0.15) is 0 Å². The molecular formula is C13H17NO3. The Kier molecular flexibility index (Phi) is 2.67. The molecule has 1 aliphatic heterocycles. The fourth-order valence-electron chi connectivity index (χ4n) is 3.35. The number of hydrogen-bond acceptors (Lipinski definition) is 3. The monoisotopic (exact) mass is 235 g/mol. The second kappa shape index (κ2) is 4.18. The summed E-state index contributed by atoms with van der Waals surface area (Å²) in [6.07, 6.45) is 5.53. The molecule has 0 spiro atoms. The van der Waals surface area contributed by atoms with E-state index in [-0.39, 0.29) is 5.76 Å². The molecule has 1 aliphatic carbocycles. The van der Waals surface area contributed by atoms with Crippen molar-refractivity contribution in [1.29, 1.82) is 0 Å². The molecule has 1 aromatic heterocycles. The Bertz CT molecular complexity index is 414. The normalized spacial score (nSPS) is 28.5. The van der Waals surface area contributed by atoms with Crippen LogP contribution in [-0.2, 0) is 6.54 Å². The molecule has 3 rings (SSSR count). The molecule has 2 unspecified atom stereocenters. The smallest absolute Gasteiger partial charge is 0.372 e. The predicted molar refractivity (Wildman–Crippen MR) is 61.8 cm³/mol. The molecule has 4 heteroatoms. The van der Waals surface area contributed by atoms with Crippen LogP contribution >= 0.6 is 0 Å². The van der Waals surface area contributed by atoms with Crippen LogP contribution < -0.4 is 0 Å². The number of hydrogen-bond donors (Lipinski definition) is 1. The highest BCUT2D eigenvalue weighted by Gasteiger charge is 2.36. The minimum Gasteiger partial charge on any atom is -0.475 e. The van der Waals surface area contributed by atoms with Crippen molar-refractivity contribution in [3.05, 3.63) is 23.7 Å². The highest BCUT2D eigenvalue weighted by atomic mass is 16.4. The van der Waals surface area contributed by atoms with E-state index in [4.69, 9.17) is 9.52 Å². The highest BCUT2D eigenvalue weighted by molar-refractivity contribution is 5.86. The molecule has 2 aliphatic rings. The standard InChI is InChI=1S/C13H17NO3/c15-13(16)12-11(4-5-17-12)8-14-6-9-2-1-3-10(9)7-14/h4-5,9-10H,1-3,6-8H2,(H,15,16). The van der Waals surface area contributed by atoms with E-state index in [1.54, 1.807) is 6.07 Å². The molecule has 1 aromatic rings. The Hall–Kier alpha value is -1.29. The van der Waals surface area contributed by atoms with Crippen LogP contribution in [0.1, 0.15) is 35.4 Å². The van der Waals surface area contributed by atoms with Gasteiger partial charge >= 0.3 is 5.97 Å². The van der Waals surface area contributed by atoms with Gasteiger partial charge < -0.3 is 9.52 Å². The number of carbonyl (C=O) groups is 1. The second-order valence-electron chi connectivity index (χ2n) is 5.23. The third-order valence-corrected chi connectivity index (χ3v) is 4.14. The minimum atomic E-state index is -0.968. The maximum atomic E-state index is 10.9. The summed E-state index contributed by atoms with van der Waals surface area (Å²) in [4.78, 5) is 13.3. The zero-order valence-electron chi connectivity index (χ0n) is 9.76. The first kappa shape index (κ1) is 10.8. The van der Waals surface area contributed by atoms with Gasteiger partial charge in [-0.1, -0.05) is 6.42 Å². The summed E-state index contributed by atoms with van der Waals surface area (Å²) in [7, 11) is 0. The van der Waals surface area contributed by atoms with E-state index >= 15 is 0 Å². The Morgan fingerprint density at radius 1 is 1.41 bits per heavy atom. The molecule has 0 bridgehead atoms. The van der Waals surface area contributed by atoms with Crippen molar-refractivity contribution in [2.24, 2.45) is 11.8 Å². The maximum absolute atomic E-state index is 10.9. The predicted octanol–water partition coefficient (Wildman–Crippen LogP) is 2.21. The third kappa shape index (κ3) is 1.97. The molecule has 2 heterocycles. The van der Waals surface area contributed by atoms with E-state index in [0.717, 1.165) is 30.5 Å². The number of furan rings is 1. The van der Waals surface area contributed by atoms with Crippen molar-refractivity contribution in [3.63, 3.8) is 0 Å². The number of carboxylic acids is 1. The lowest BCUT2D eigenvalue weighted by molar-refractivity contribution is 0.0659. The number of nitrogens with zero attached hydrogens (tertiary/aromatic N) is 1. The Labute approximate surface area is 100 Å². The van der Waals surface area contributed by atoms with Crippen molar-refractivity contribution in [3.8, 4) is 0 Å². The minimum absolute atomic E-state index is 0.0991. The first-order chi connectivity index (χ1) is 8.24. The molecule has 0 radical (unpaired) electrons. The van der Waals surface area contributed by atoms with Gasteiger partial charge in [0.25, 0.3) is 0 Å². The number of aromatic carboxylic acids is 1. The van der Waals surface area contributed by atoms with Gasteiger partial charge in [0.2, 0.25) is 5.76 Å². The average molecular weight is 235 g/mol. The van der Waals surface area contributed by atoms with E-state index in [2.05, 4.69) is 4.90 Å². The van der Waals surface area contributed by atoms with Gasteiger partial charge in [-0.3, -0.25) is 4.90 Å². The molecule has 2 atom stereocenters. The van der Waals surface area contributed by atoms with Gasteiger partial charge in [0.1, 0.15) is 0 Å². The fraction of sp³-hybridized carbons (Fsp3) is 0.615. The Morgan fingerprint density at radius 2 is 2.12 bits per heavy atom. The van der Waals surface area contributed by atoms with Crippen LogP contribution in [0.4, 0.5) is 0 Å². The third-order valence-electron chi connectivity index (χ3n) is 4.14. The molecule has 92 valence electrons. The molecule has 4 nitrogen and oxygen atoms in total. The van der Waals surface area contributed by atoms with Crippen LogP contribution in [0.25, 0.3) is 0 Å². The van der Waals surface area contributed by atoms with Gasteiger partial charge in [0.15, 0.2) is 0 Å². The number of likely N-dealkylation sites (tertiary alicyclic amines) is 1. The van der Waals surface area contributed by atoms with Crippen molar-refractivity contribution in [2.45, 2.75) is 25.8 Å². The van der Waals surface area contributed by atoms with E-state index in [1.165, 1.54) is 25.5 Å². The molecule has 2 fully saturated rings. The number of fused-ring (bicyclic) bond motifs is 1. The largest absolute Gasteiger partial charge is 0.475 e. The molecule has 1 saturated carbocycles. The van der Waals surface area contributed by atoms with E-state index in [0.29, 0.717) is 6.54 Å². The SMILES string of the molecule is O=C(O)c1occc1CN1CC2CCCC2C1. The second-order valence-corrected chi connectivity index (χ2v) is 5.23. The molecule has 0 amide bonds. The lowest BCUT2D eigenvalue weighted by atomic mass is 10.0. The van der Waals surface area contributed by atoms with Crippen molar-refractivity contribution in [1.82, 2.24) is 4.90 Å². The van der Waals surface area contributed by atoms with Gasteiger partial charge in [0.05, 0.1) is 6.26 Å². The summed E-state index contributed by atoms with van der Waals surface area (Å²) >= 11 is 0. The summed E-state index contributed by atoms with van der Waals surface area (Å²) in [5.41, 5.74) is 0.803. The lowest BCUT2D eigenvalue weighted by Crippen LogP contribution is -2.21. The van der Waals surface area contributed by atoms with E-state index in [9.17, 15) is 4.79 Å². The zero-order valence-corrected chi connectivity index (χ0v) is 9.76. The summed E-state index contributed by atoms with van der Waals surface area (Å²) in [6, 6.07) is 1.78. The topological polar surface area (TPSA) is 53.7 Å². The first-order valence-electron chi connectivity index (χ1n) is 6.26. The summed E-state index contributed by atoms with van der Waals surface area (Å²) in [6.45, 7) is 2.95. The van der Waals surface area contributed by atoms with Crippen molar-refractivity contribution in [2.75, 3.05) is 13.1 Å². The fourth-order valence-corrected chi connectivity index (χ4v) is 3.35. The lowest BCUT2D eigenvalue weighted by Gasteiger charge is -2.15. The zero-order chi connectivity index (χ0) is 11.8. The van der Waals surface area contributed by atoms with Crippen LogP contribution in [-0.4, -0.2) is 29.1 Å². The van der Waals surface area contributed by atoms with Gasteiger partial charge in [-0.25, -0.2) is 4.79 Å². The first-order valence-corrected chi connectivity index (χ1v) is 6.26. The summed E-state index contributed by atoms with van der Waals surface area (Å²) in [5, 5.41) is 8.98. The van der Waals surface area contributed by atoms with Crippen LogP contribution in [0.5, 0.6) is 0 Å². The molecule has 1 N–H and O–H groups in total. The van der Waals surface area contributed by atoms with E-state index in [1.807, 2.05) is 0 Å². The van der Waals surface area contributed by atoms with E-state index < -0.39 is 5.97 Å². The van der Waals surface area contributed by atoms with Crippen molar-refractivity contribution < 1.29 is 14.3 Å². The van der Waals surface area contributed by atoms with Crippen LogP contribution in [0, 0.1) is 11.8 Å². The highest BCUT2D eigenvalue weighted by Crippen LogP contribution is 2.38. The number of carboxylic acid groups (broad SMARTS) is 1. The van der Waals surface area contributed by atoms with Crippen LogP contribution in [0.3, 0.4) is 0 Å². The average Bonchev–Trinajstić information content (AvgIpc) is 2.91. The molecule has 0 aromatic carbocycles. The maximum Gasteiger partial charge on any atom is 0.372 e. The Balaban J connectivity index is 1.67. The quantitative estimate of drug-likeness (QED) is 0.872. The van der Waals surface area contributed by atoms with Crippen LogP contribution in [0.15, 0.2) is 16.7 Å². The van der Waals surface area contributed by atoms with Crippen LogP contribution in [0.2, 0.25) is 0 Å². The molecular weight excluding hydrogens is 218 g/mol. The van der Waals surface area contributed by atoms with Gasteiger partial charge in [-0.15, -0.1) is 0 Å². The number of rotatable bonds is 3. The molecule has 17 heavy (non-hydrogen) atoms. The summed E-state index contributed by atoms with van der Waals surface area (Å²) < 4.78 is 5.00. The molecule has 1 saturated heterocycles. The van der Waals surface area contributed by atoms with Gasteiger partial charge in [-0.05, 0) is 30.7 Å². The Morgan fingerprint density at radius 3 is 2.76 bits per heavy atom. The summed E-state index contributed by atoms with van der Waals surface area (Å²) in [5.74, 6) is 0.816. The van der Waals surface area contributed by atoms with Gasteiger partial charge in [0, 0.05) is 25.2 Å².